The van der Waals surface area contributed by atoms with E-state index >= 15 is 0 Å². The Kier molecular flexibility index (Phi) is 9.54. The number of piperidine rings is 1. The number of amides is 2. The van der Waals surface area contributed by atoms with E-state index in [1.54, 1.807) is 6.20 Å². The third kappa shape index (κ3) is 6.93. The Hall–Kier alpha value is -4.11. The number of rotatable bonds is 12. The number of hydrogen-bond acceptors (Lipinski definition) is 7. The number of fused-ring (bicyclic) bond motifs is 3. The van der Waals surface area contributed by atoms with Gasteiger partial charge in [-0.3, -0.25) is 9.59 Å². The Bertz CT molecular complexity index is 1470. The summed E-state index contributed by atoms with van der Waals surface area (Å²) >= 11 is 0. The van der Waals surface area contributed by atoms with Crippen LogP contribution in [0.15, 0.2) is 54.7 Å². The summed E-state index contributed by atoms with van der Waals surface area (Å²) in [4.78, 5) is 35.5. The van der Waals surface area contributed by atoms with Gasteiger partial charge < -0.3 is 29.9 Å². The molecular weight excluding hydrogens is 566 g/mol. The van der Waals surface area contributed by atoms with E-state index in [-0.39, 0.29) is 17.9 Å². The number of likely N-dealkylation sites (N-methyl/N-ethyl adjacent to an activating group) is 1. The van der Waals surface area contributed by atoms with E-state index < -0.39 is 0 Å². The molecule has 3 aromatic rings. The molecule has 0 aliphatic carbocycles. The van der Waals surface area contributed by atoms with Crippen LogP contribution in [-0.4, -0.2) is 72.7 Å². The summed E-state index contributed by atoms with van der Waals surface area (Å²) in [5.74, 6) is 2.44. The number of ether oxygens (including phenoxy) is 2. The molecule has 0 radical (unpaired) electrons. The summed E-state index contributed by atoms with van der Waals surface area (Å²) in [6, 6.07) is 16.4. The van der Waals surface area contributed by atoms with Gasteiger partial charge in [-0.25, -0.2) is 4.98 Å². The largest absolute Gasteiger partial charge is 0.493 e. The van der Waals surface area contributed by atoms with Gasteiger partial charge in [-0.1, -0.05) is 32.0 Å². The van der Waals surface area contributed by atoms with Gasteiger partial charge in [-0.15, -0.1) is 0 Å². The van der Waals surface area contributed by atoms with Gasteiger partial charge in [0.15, 0.2) is 0 Å². The van der Waals surface area contributed by atoms with Gasteiger partial charge in [0, 0.05) is 55.0 Å². The lowest BCUT2D eigenvalue weighted by Gasteiger charge is -2.40. The molecule has 3 aliphatic rings. The third-order valence-electron chi connectivity index (χ3n) is 9.64. The van der Waals surface area contributed by atoms with Gasteiger partial charge >= 0.3 is 0 Å². The van der Waals surface area contributed by atoms with E-state index in [0.717, 1.165) is 80.2 Å². The standard InChI is InChI=1S/C36H45N5O4/c1-4-40(5-2)17-19-44-31-12-6-25(7-13-31)22-38-35(42)27-9-15-33(37-23-27)41-29-10-11-30(41)21-28(20-29)39-36(43)32-14-8-26-16-18-45-34(26)24(32)3/h6-9,12-15,23,28-30H,4-5,10-11,16-22H2,1-3H3,(H,38,42)(H,39,43)/t28-,29+,30-. The van der Waals surface area contributed by atoms with Gasteiger partial charge in [0.2, 0.25) is 0 Å². The molecule has 2 N–H and O–H groups in total. The number of pyridine rings is 1. The molecular formula is C36H45N5O4. The van der Waals surface area contributed by atoms with Gasteiger partial charge in [0.25, 0.3) is 11.8 Å². The number of nitrogens with zero attached hydrogens (tertiary/aromatic N) is 3. The van der Waals surface area contributed by atoms with Crippen molar-refractivity contribution in [2.75, 3.05) is 37.7 Å². The van der Waals surface area contributed by atoms with Crippen LogP contribution in [0, 0.1) is 6.92 Å². The molecule has 9 nitrogen and oxygen atoms in total. The zero-order valence-corrected chi connectivity index (χ0v) is 26.7. The van der Waals surface area contributed by atoms with Crippen molar-refractivity contribution >= 4 is 17.6 Å². The molecule has 2 saturated heterocycles. The van der Waals surface area contributed by atoms with Crippen molar-refractivity contribution in [3.63, 3.8) is 0 Å². The lowest BCUT2D eigenvalue weighted by molar-refractivity contribution is 0.0923. The number of hydrogen-bond donors (Lipinski definition) is 2. The van der Waals surface area contributed by atoms with Crippen molar-refractivity contribution in [1.29, 1.82) is 0 Å². The Labute approximate surface area is 266 Å². The average Bonchev–Trinajstić information content (AvgIpc) is 3.65. The van der Waals surface area contributed by atoms with Crippen LogP contribution in [0.5, 0.6) is 11.5 Å². The Morgan fingerprint density at radius 2 is 1.76 bits per heavy atom. The predicted molar refractivity (Wildman–Crippen MR) is 175 cm³/mol. The number of carbonyl (C=O) groups is 2. The normalized spacial score (nSPS) is 20.1. The van der Waals surface area contributed by atoms with Gasteiger partial charge in [0.1, 0.15) is 23.9 Å². The fourth-order valence-corrected chi connectivity index (χ4v) is 7.08. The second-order valence-electron chi connectivity index (χ2n) is 12.4. The minimum Gasteiger partial charge on any atom is -0.493 e. The van der Waals surface area contributed by atoms with E-state index in [2.05, 4.69) is 34.3 Å². The first kappa shape index (κ1) is 30.9. The van der Waals surface area contributed by atoms with Gasteiger partial charge in [-0.2, -0.15) is 0 Å². The summed E-state index contributed by atoms with van der Waals surface area (Å²) < 4.78 is 11.6. The predicted octanol–water partition coefficient (Wildman–Crippen LogP) is 4.91. The lowest BCUT2D eigenvalue weighted by atomic mass is 9.96. The molecule has 2 bridgehead atoms. The molecule has 2 aromatic carbocycles. The van der Waals surface area contributed by atoms with E-state index in [0.29, 0.717) is 43.0 Å². The number of anilines is 1. The Morgan fingerprint density at radius 1 is 1.00 bits per heavy atom. The number of carbonyl (C=O) groups excluding carboxylic acids is 2. The van der Waals surface area contributed by atoms with Crippen molar-refractivity contribution in [3.05, 3.63) is 82.5 Å². The van der Waals surface area contributed by atoms with Gasteiger partial charge in [0.05, 0.1) is 12.2 Å². The zero-order valence-electron chi connectivity index (χ0n) is 26.7. The van der Waals surface area contributed by atoms with E-state index in [4.69, 9.17) is 14.5 Å². The van der Waals surface area contributed by atoms with Crippen LogP contribution < -0.4 is 25.0 Å². The summed E-state index contributed by atoms with van der Waals surface area (Å²) in [5, 5.41) is 6.31. The number of aromatic nitrogens is 1. The van der Waals surface area contributed by atoms with Crippen LogP contribution in [0.3, 0.4) is 0 Å². The first-order valence-corrected chi connectivity index (χ1v) is 16.5. The van der Waals surface area contributed by atoms with Crippen LogP contribution in [0.1, 0.15) is 76.9 Å². The average molecular weight is 612 g/mol. The highest BCUT2D eigenvalue weighted by atomic mass is 16.5. The summed E-state index contributed by atoms with van der Waals surface area (Å²) in [6.45, 7) is 11.0. The van der Waals surface area contributed by atoms with E-state index in [1.807, 2.05) is 55.5 Å². The highest BCUT2D eigenvalue weighted by Gasteiger charge is 2.42. The first-order valence-electron chi connectivity index (χ1n) is 16.5. The van der Waals surface area contributed by atoms with Crippen molar-refractivity contribution in [3.8, 4) is 11.5 Å². The van der Waals surface area contributed by atoms with E-state index in [1.165, 1.54) is 5.56 Å². The molecule has 1 aromatic heterocycles. The van der Waals surface area contributed by atoms with Crippen molar-refractivity contribution in [2.24, 2.45) is 0 Å². The van der Waals surface area contributed by atoms with Crippen LogP contribution in [0.25, 0.3) is 0 Å². The van der Waals surface area contributed by atoms with E-state index in [9.17, 15) is 9.59 Å². The highest BCUT2D eigenvalue weighted by Crippen LogP contribution is 2.39. The quantitative estimate of drug-likeness (QED) is 0.301. The molecule has 2 amide bonds. The lowest BCUT2D eigenvalue weighted by Crippen LogP contribution is -2.50. The van der Waals surface area contributed by atoms with Crippen molar-refractivity contribution < 1.29 is 19.1 Å². The maximum Gasteiger partial charge on any atom is 0.253 e. The summed E-state index contributed by atoms with van der Waals surface area (Å²) in [7, 11) is 0. The molecule has 45 heavy (non-hydrogen) atoms. The Balaban J connectivity index is 0.986. The minimum absolute atomic E-state index is 0.0210. The topological polar surface area (TPSA) is 96.0 Å². The van der Waals surface area contributed by atoms with Crippen LogP contribution >= 0.6 is 0 Å². The minimum atomic E-state index is -0.148. The third-order valence-corrected chi connectivity index (χ3v) is 9.64. The first-order chi connectivity index (χ1) is 21.9. The zero-order chi connectivity index (χ0) is 31.3. The molecule has 6 rings (SSSR count). The SMILES string of the molecule is CCN(CC)CCOc1ccc(CNC(=O)c2ccc(N3[C@@H]4CC[C@H]3C[C@@H](NC(=O)c3ccc5c(c3C)OCC5)C4)nc2)cc1. The Morgan fingerprint density at radius 3 is 2.44 bits per heavy atom. The number of nitrogens with one attached hydrogen (secondary N) is 2. The second kappa shape index (κ2) is 13.9. The molecule has 3 atom stereocenters. The monoisotopic (exact) mass is 611 g/mol. The van der Waals surface area contributed by atoms with Crippen molar-refractivity contribution in [1.82, 2.24) is 20.5 Å². The highest BCUT2D eigenvalue weighted by molar-refractivity contribution is 5.97. The summed E-state index contributed by atoms with van der Waals surface area (Å²) in [6.07, 6.45) is 6.49. The molecule has 3 aliphatic heterocycles. The molecule has 9 heteroatoms. The number of benzene rings is 2. The fourth-order valence-electron chi connectivity index (χ4n) is 7.08. The van der Waals surface area contributed by atoms with Gasteiger partial charge in [-0.05, 0) is 87.2 Å². The molecule has 4 heterocycles. The molecule has 0 saturated carbocycles. The maximum absolute atomic E-state index is 13.2. The smallest absolute Gasteiger partial charge is 0.253 e. The second-order valence-corrected chi connectivity index (χ2v) is 12.4. The van der Waals surface area contributed by atoms with Crippen LogP contribution in [0.4, 0.5) is 5.82 Å². The van der Waals surface area contributed by atoms with Crippen LogP contribution in [-0.2, 0) is 13.0 Å². The molecule has 0 unspecified atom stereocenters. The summed E-state index contributed by atoms with van der Waals surface area (Å²) in [5.41, 5.74) is 4.37. The molecule has 0 spiro atoms. The van der Waals surface area contributed by atoms with Crippen molar-refractivity contribution in [2.45, 2.75) is 77.5 Å². The van der Waals surface area contributed by atoms with Crippen LogP contribution in [0.2, 0.25) is 0 Å². The molecule has 2 fully saturated rings. The fraction of sp³-hybridized carbons (Fsp3) is 0.472. The molecule has 238 valence electrons. The maximum atomic E-state index is 13.2.